The van der Waals surface area contributed by atoms with E-state index in [1.54, 1.807) is 12.1 Å². The van der Waals surface area contributed by atoms with Gasteiger partial charge in [-0.15, -0.1) is 0 Å². The predicted molar refractivity (Wildman–Crippen MR) is 67.6 cm³/mol. The molecule has 100 valence electrons. The minimum atomic E-state index is -0.256. The number of hydrogen-bond donors (Lipinski definition) is 2. The van der Waals surface area contributed by atoms with E-state index in [2.05, 4.69) is 5.32 Å². The lowest BCUT2D eigenvalue weighted by Crippen LogP contribution is -2.29. The quantitative estimate of drug-likeness (QED) is 0.752. The van der Waals surface area contributed by atoms with Crippen LogP contribution in [-0.4, -0.2) is 25.7 Å². The number of rotatable bonds is 5. The van der Waals surface area contributed by atoms with Crippen molar-refractivity contribution in [1.29, 1.82) is 5.26 Å². The van der Waals surface area contributed by atoms with Crippen molar-refractivity contribution >= 4 is 5.91 Å². The summed E-state index contributed by atoms with van der Waals surface area (Å²) in [5, 5.41) is 10.9. The van der Waals surface area contributed by atoms with Crippen LogP contribution in [0.1, 0.15) is 18.0 Å². The second-order valence-corrected chi connectivity index (χ2v) is 4.16. The first kappa shape index (κ1) is 13.2. The summed E-state index contributed by atoms with van der Waals surface area (Å²) in [6.07, 6.45) is 0.288. The molecular formula is C13H15N3O3. The van der Waals surface area contributed by atoms with Crippen LogP contribution in [0.4, 0.5) is 0 Å². The van der Waals surface area contributed by atoms with E-state index >= 15 is 0 Å². The van der Waals surface area contributed by atoms with E-state index in [1.807, 2.05) is 12.1 Å². The van der Waals surface area contributed by atoms with Crippen LogP contribution in [0.3, 0.4) is 0 Å². The number of benzene rings is 1. The topological polar surface area (TPSA) is 97.4 Å². The van der Waals surface area contributed by atoms with Gasteiger partial charge in [0.05, 0.1) is 18.5 Å². The van der Waals surface area contributed by atoms with Crippen molar-refractivity contribution in [3.05, 3.63) is 23.8 Å². The first-order chi connectivity index (χ1) is 9.20. The zero-order chi connectivity index (χ0) is 13.7. The Morgan fingerprint density at radius 1 is 1.63 bits per heavy atom. The van der Waals surface area contributed by atoms with Crippen molar-refractivity contribution in [3.8, 4) is 17.6 Å². The summed E-state index contributed by atoms with van der Waals surface area (Å²) in [5.41, 5.74) is 6.78. The van der Waals surface area contributed by atoms with Gasteiger partial charge in [0, 0.05) is 18.2 Å². The molecule has 2 rings (SSSR count). The molecule has 0 aromatic heterocycles. The number of amides is 1. The normalized spacial score (nSPS) is 16.1. The Morgan fingerprint density at radius 2 is 2.47 bits per heavy atom. The molecule has 1 aliphatic rings. The lowest BCUT2D eigenvalue weighted by molar-refractivity contribution is -0.123. The van der Waals surface area contributed by atoms with Crippen molar-refractivity contribution < 1.29 is 14.3 Å². The van der Waals surface area contributed by atoms with E-state index in [1.165, 1.54) is 0 Å². The molecule has 6 nitrogen and oxygen atoms in total. The molecular weight excluding hydrogens is 246 g/mol. The van der Waals surface area contributed by atoms with Gasteiger partial charge in [-0.3, -0.25) is 4.79 Å². The number of nitrogens with two attached hydrogens (primary N) is 1. The van der Waals surface area contributed by atoms with Gasteiger partial charge in [-0.05, 0) is 12.1 Å². The third-order valence-corrected chi connectivity index (χ3v) is 2.73. The number of ether oxygens (including phenoxy) is 2. The molecule has 6 heteroatoms. The van der Waals surface area contributed by atoms with E-state index in [-0.39, 0.29) is 25.0 Å². The predicted octanol–water partition coefficient (Wildman–Crippen LogP) is 0.487. The van der Waals surface area contributed by atoms with E-state index in [0.717, 1.165) is 5.56 Å². The number of nitrogens with one attached hydrogen (secondary N) is 1. The molecule has 3 N–H and O–H groups in total. The van der Waals surface area contributed by atoms with Gasteiger partial charge in [-0.1, -0.05) is 0 Å². The number of fused-ring (bicyclic) bond motifs is 1. The second kappa shape index (κ2) is 6.07. The molecule has 0 saturated heterocycles. The van der Waals surface area contributed by atoms with E-state index in [0.29, 0.717) is 24.7 Å². The van der Waals surface area contributed by atoms with Gasteiger partial charge < -0.3 is 20.5 Å². The van der Waals surface area contributed by atoms with Crippen LogP contribution < -0.4 is 20.5 Å². The molecule has 0 radical (unpaired) electrons. The Hall–Kier alpha value is -2.26. The Balaban J connectivity index is 1.84. The molecule has 0 aliphatic carbocycles. The van der Waals surface area contributed by atoms with Crippen molar-refractivity contribution in [1.82, 2.24) is 5.32 Å². The molecule has 1 aliphatic heterocycles. The van der Waals surface area contributed by atoms with Crippen LogP contribution >= 0.6 is 0 Å². The standard InChI is InChI=1S/C13H15N3O3/c14-4-1-5-16-13(17)8-18-9-2-3-10-11(15)7-19-12(10)6-9/h2-3,6,11H,1,5,7-8,15H2,(H,16,17). The second-order valence-electron chi connectivity index (χ2n) is 4.16. The fourth-order valence-corrected chi connectivity index (χ4v) is 1.76. The summed E-state index contributed by atoms with van der Waals surface area (Å²) >= 11 is 0. The SMILES string of the molecule is N#CCCNC(=O)COc1ccc2c(c1)OCC2N. The Bertz CT molecular complexity index is 510. The molecule has 1 amide bonds. The minimum Gasteiger partial charge on any atom is -0.491 e. The maximum Gasteiger partial charge on any atom is 0.257 e. The molecule has 1 aromatic carbocycles. The first-order valence-corrected chi connectivity index (χ1v) is 5.99. The number of nitriles is 1. The van der Waals surface area contributed by atoms with E-state index in [9.17, 15) is 4.79 Å². The zero-order valence-electron chi connectivity index (χ0n) is 10.4. The van der Waals surface area contributed by atoms with Crippen LogP contribution in [0.5, 0.6) is 11.5 Å². The molecule has 0 saturated carbocycles. The molecule has 19 heavy (non-hydrogen) atoms. The van der Waals surface area contributed by atoms with Gasteiger partial charge in [0.2, 0.25) is 0 Å². The fraction of sp³-hybridized carbons (Fsp3) is 0.385. The largest absolute Gasteiger partial charge is 0.491 e. The lowest BCUT2D eigenvalue weighted by Gasteiger charge is -2.08. The van der Waals surface area contributed by atoms with Crippen LogP contribution in [-0.2, 0) is 4.79 Å². The molecule has 1 unspecified atom stereocenters. The highest BCUT2D eigenvalue weighted by Crippen LogP contribution is 2.33. The Morgan fingerprint density at radius 3 is 3.26 bits per heavy atom. The average molecular weight is 261 g/mol. The van der Waals surface area contributed by atoms with Gasteiger partial charge in [-0.25, -0.2) is 0 Å². The lowest BCUT2D eigenvalue weighted by atomic mass is 10.1. The van der Waals surface area contributed by atoms with Crippen molar-refractivity contribution in [2.75, 3.05) is 19.8 Å². The number of nitrogens with zero attached hydrogens (tertiary/aromatic N) is 1. The summed E-state index contributed by atoms with van der Waals surface area (Å²) in [7, 11) is 0. The number of carbonyl (C=O) groups excluding carboxylic acids is 1. The maximum absolute atomic E-state index is 11.4. The third-order valence-electron chi connectivity index (χ3n) is 2.73. The molecule has 1 aromatic rings. The maximum atomic E-state index is 11.4. The summed E-state index contributed by atoms with van der Waals surface area (Å²) in [4.78, 5) is 11.4. The zero-order valence-corrected chi connectivity index (χ0v) is 10.4. The summed E-state index contributed by atoms with van der Waals surface area (Å²) < 4.78 is 10.7. The molecule has 0 bridgehead atoms. The third kappa shape index (κ3) is 3.36. The summed E-state index contributed by atoms with van der Waals surface area (Å²) in [6, 6.07) is 7.18. The smallest absolute Gasteiger partial charge is 0.257 e. The van der Waals surface area contributed by atoms with Crippen molar-refractivity contribution in [2.45, 2.75) is 12.5 Å². The highest BCUT2D eigenvalue weighted by Gasteiger charge is 2.20. The van der Waals surface area contributed by atoms with Crippen molar-refractivity contribution in [3.63, 3.8) is 0 Å². The van der Waals surface area contributed by atoms with Crippen LogP contribution in [0.2, 0.25) is 0 Å². The van der Waals surface area contributed by atoms with Gasteiger partial charge in [-0.2, -0.15) is 5.26 Å². The minimum absolute atomic E-state index is 0.0870. The van der Waals surface area contributed by atoms with Gasteiger partial charge in [0.25, 0.3) is 5.91 Å². The van der Waals surface area contributed by atoms with Crippen LogP contribution in [0, 0.1) is 11.3 Å². The number of hydrogen-bond acceptors (Lipinski definition) is 5. The van der Waals surface area contributed by atoms with Gasteiger partial charge in [0.15, 0.2) is 6.61 Å². The van der Waals surface area contributed by atoms with Gasteiger partial charge >= 0.3 is 0 Å². The molecule has 0 fully saturated rings. The highest BCUT2D eigenvalue weighted by atomic mass is 16.5. The van der Waals surface area contributed by atoms with Gasteiger partial charge in [0.1, 0.15) is 18.1 Å². The van der Waals surface area contributed by atoms with E-state index < -0.39 is 0 Å². The molecule has 0 spiro atoms. The molecule has 1 heterocycles. The highest BCUT2D eigenvalue weighted by molar-refractivity contribution is 5.77. The monoisotopic (exact) mass is 261 g/mol. The fourth-order valence-electron chi connectivity index (χ4n) is 1.76. The molecule has 1 atom stereocenters. The van der Waals surface area contributed by atoms with Crippen molar-refractivity contribution in [2.24, 2.45) is 5.73 Å². The Labute approximate surface area is 111 Å². The van der Waals surface area contributed by atoms with Crippen LogP contribution in [0.25, 0.3) is 0 Å². The summed E-state index contributed by atoms with van der Waals surface area (Å²) in [5.74, 6) is 1.01. The average Bonchev–Trinajstić information content (AvgIpc) is 2.78. The summed E-state index contributed by atoms with van der Waals surface area (Å²) in [6.45, 7) is 0.713. The number of carbonyl (C=O) groups is 1. The van der Waals surface area contributed by atoms with Crippen LogP contribution in [0.15, 0.2) is 18.2 Å². The van der Waals surface area contributed by atoms with E-state index in [4.69, 9.17) is 20.5 Å². The first-order valence-electron chi connectivity index (χ1n) is 5.99. The Kier molecular flexibility index (Phi) is 4.21.